The number of nitrogen functional groups attached to an aromatic ring is 1. The Labute approximate surface area is 228 Å². The zero-order valence-electron chi connectivity index (χ0n) is 21.3. The number of hydrogen-bond donors (Lipinski definition) is 4. The first-order valence-electron chi connectivity index (χ1n) is 11.6. The minimum atomic E-state index is -4.52. The zero-order chi connectivity index (χ0) is 28.9. The van der Waals surface area contributed by atoms with E-state index < -0.39 is 20.8 Å². The highest BCUT2D eigenvalue weighted by Gasteiger charge is 2.17. The van der Waals surface area contributed by atoms with Crippen LogP contribution < -0.4 is 19.9 Å². The van der Waals surface area contributed by atoms with Crippen molar-refractivity contribution in [3.63, 3.8) is 0 Å². The molecule has 0 aromatic heterocycles. The first kappa shape index (κ1) is 28.2. The molecule has 0 aliphatic carbocycles. The number of ether oxygens (including phenoxy) is 3. The van der Waals surface area contributed by atoms with Gasteiger partial charge in [-0.3, -0.25) is 4.55 Å². The van der Waals surface area contributed by atoms with Crippen LogP contribution in [0.2, 0.25) is 0 Å². The number of aliphatic hydroxyl groups is 1. The molecule has 0 spiro atoms. The van der Waals surface area contributed by atoms with Crippen LogP contribution in [0.3, 0.4) is 0 Å². The third-order valence-corrected chi connectivity index (χ3v) is 6.43. The quantitative estimate of drug-likeness (QED) is 0.107. The molecule has 4 aromatic rings. The molecule has 0 aliphatic rings. The van der Waals surface area contributed by atoms with Gasteiger partial charge in [-0.1, -0.05) is 6.07 Å². The lowest BCUT2D eigenvalue weighted by atomic mass is 10.1. The number of nitrogens with zero attached hydrogens (tertiary/aromatic N) is 4. The van der Waals surface area contributed by atoms with E-state index in [0.717, 1.165) is 6.07 Å². The highest BCUT2D eigenvalue weighted by molar-refractivity contribution is 7.85. The molecular weight excluding hydrogens is 542 g/mol. The summed E-state index contributed by atoms with van der Waals surface area (Å²) in [5, 5.41) is 36.5. The minimum absolute atomic E-state index is 0.0461. The summed E-state index contributed by atoms with van der Waals surface area (Å²) < 4.78 is 48.4. The number of aromatic hydroxyl groups is 1. The molecule has 14 heteroatoms. The maximum Gasteiger partial charge on any atom is 0.294 e. The Bertz CT molecular complexity index is 1710. The molecule has 0 radical (unpaired) electrons. The Morgan fingerprint density at radius 1 is 0.825 bits per heavy atom. The topological polar surface area (TPSA) is 198 Å². The van der Waals surface area contributed by atoms with E-state index in [1.165, 1.54) is 32.4 Å². The number of aliphatic hydroxyl groups excluding tert-OH is 1. The predicted octanol–water partition coefficient (Wildman–Crippen LogP) is 5.59. The van der Waals surface area contributed by atoms with Crippen LogP contribution in [0.5, 0.6) is 23.0 Å². The van der Waals surface area contributed by atoms with Gasteiger partial charge in [-0.25, -0.2) is 0 Å². The summed E-state index contributed by atoms with van der Waals surface area (Å²) >= 11 is 0. The summed E-state index contributed by atoms with van der Waals surface area (Å²) in [6.45, 7) is 0.105. The molecule has 0 bridgehead atoms. The van der Waals surface area contributed by atoms with E-state index in [-0.39, 0.29) is 41.0 Å². The van der Waals surface area contributed by atoms with E-state index in [2.05, 4.69) is 20.5 Å². The summed E-state index contributed by atoms with van der Waals surface area (Å²) in [5.41, 5.74) is 7.64. The van der Waals surface area contributed by atoms with Gasteiger partial charge in [0.15, 0.2) is 0 Å². The molecule has 0 unspecified atom stereocenters. The number of azo groups is 2. The molecule has 0 saturated carbocycles. The van der Waals surface area contributed by atoms with Crippen LogP contribution in [0.25, 0.3) is 10.8 Å². The highest BCUT2D eigenvalue weighted by Crippen LogP contribution is 2.43. The van der Waals surface area contributed by atoms with E-state index >= 15 is 0 Å². The van der Waals surface area contributed by atoms with Gasteiger partial charge >= 0.3 is 0 Å². The second kappa shape index (κ2) is 11.9. The minimum Gasteiger partial charge on any atom is -0.507 e. The van der Waals surface area contributed by atoms with Crippen LogP contribution in [0.1, 0.15) is 0 Å². The summed E-state index contributed by atoms with van der Waals surface area (Å²) in [7, 11) is -1.62. The number of phenolic OH excluding ortho intramolecular Hbond substituents is 1. The Morgan fingerprint density at radius 3 is 2.00 bits per heavy atom. The van der Waals surface area contributed by atoms with Gasteiger partial charge in [0.2, 0.25) is 0 Å². The highest BCUT2D eigenvalue weighted by atomic mass is 32.2. The lowest BCUT2D eigenvalue weighted by Gasteiger charge is -2.10. The van der Waals surface area contributed by atoms with Crippen LogP contribution in [0.15, 0.2) is 86.0 Å². The van der Waals surface area contributed by atoms with Gasteiger partial charge in [0, 0.05) is 23.6 Å². The average molecular weight is 568 g/mol. The predicted molar refractivity (Wildman–Crippen MR) is 147 cm³/mol. The SMILES string of the molecule is COc1cc(/N=N/c2ccc3cc(S(=O)(=O)O)cc(O)c3c2N)c(OC)cc1/N=N/c1ccc(OCCO)cc1. The Balaban J connectivity index is 1.64. The van der Waals surface area contributed by atoms with Crippen LogP contribution in [0.4, 0.5) is 28.4 Å². The molecule has 0 heterocycles. The van der Waals surface area contributed by atoms with E-state index in [9.17, 15) is 18.1 Å². The van der Waals surface area contributed by atoms with Crippen molar-refractivity contribution in [3.8, 4) is 23.0 Å². The number of nitrogens with two attached hydrogens (primary N) is 1. The van der Waals surface area contributed by atoms with Gasteiger partial charge in [-0.2, -0.15) is 13.5 Å². The zero-order valence-corrected chi connectivity index (χ0v) is 22.2. The van der Waals surface area contributed by atoms with Crippen LogP contribution in [-0.4, -0.2) is 50.6 Å². The molecule has 13 nitrogen and oxygen atoms in total. The maximum atomic E-state index is 11.5. The van der Waals surface area contributed by atoms with Gasteiger partial charge < -0.3 is 30.2 Å². The largest absolute Gasteiger partial charge is 0.507 e. The van der Waals surface area contributed by atoms with E-state index in [1.807, 2.05) is 0 Å². The van der Waals surface area contributed by atoms with Crippen molar-refractivity contribution < 1.29 is 37.4 Å². The lowest BCUT2D eigenvalue weighted by Crippen LogP contribution is -2.00. The second-order valence-electron chi connectivity index (χ2n) is 8.18. The summed E-state index contributed by atoms with van der Waals surface area (Å²) in [6, 6.07) is 15.0. The normalized spacial score (nSPS) is 11.9. The molecule has 208 valence electrons. The first-order chi connectivity index (χ1) is 19.1. The number of phenols is 1. The average Bonchev–Trinajstić information content (AvgIpc) is 2.94. The van der Waals surface area contributed by atoms with Gasteiger partial charge in [0.25, 0.3) is 10.1 Å². The summed E-state index contributed by atoms with van der Waals surface area (Å²) in [4.78, 5) is -0.468. The van der Waals surface area contributed by atoms with E-state index in [1.54, 1.807) is 36.4 Å². The second-order valence-corrected chi connectivity index (χ2v) is 9.60. The van der Waals surface area contributed by atoms with Crippen LogP contribution in [0, 0.1) is 0 Å². The molecule has 0 saturated heterocycles. The summed E-state index contributed by atoms with van der Waals surface area (Å²) in [5.74, 6) is 0.794. The monoisotopic (exact) mass is 567 g/mol. The van der Waals surface area contributed by atoms with Gasteiger partial charge in [-0.15, -0.1) is 15.3 Å². The van der Waals surface area contributed by atoms with Gasteiger partial charge in [-0.05, 0) is 41.8 Å². The maximum absolute atomic E-state index is 11.5. The molecule has 0 atom stereocenters. The van der Waals surface area contributed by atoms with Gasteiger partial charge in [0.05, 0.1) is 37.1 Å². The van der Waals surface area contributed by atoms with Crippen molar-refractivity contribution in [1.29, 1.82) is 0 Å². The van der Waals surface area contributed by atoms with Crippen LogP contribution in [-0.2, 0) is 10.1 Å². The standard InChI is InChI=1S/C26H25N5O8S/c1-37-23-14-21(24(38-2)13-20(23)30-28-16-4-6-17(7-5-16)39-10-9-32)31-29-19-8-3-15-11-18(40(34,35)36)12-22(33)25(15)26(19)27/h3-8,11-14,32-33H,9-10,27H2,1-2H3,(H,34,35,36)/b30-28+,31-29+. The fourth-order valence-electron chi connectivity index (χ4n) is 3.68. The van der Waals surface area contributed by atoms with Crippen molar-refractivity contribution in [1.82, 2.24) is 0 Å². The first-order valence-corrected chi connectivity index (χ1v) is 13.0. The van der Waals surface area contributed by atoms with Gasteiger partial charge in [0.1, 0.15) is 46.7 Å². The number of anilines is 1. The Morgan fingerprint density at radius 2 is 1.43 bits per heavy atom. The Kier molecular flexibility index (Phi) is 8.43. The molecule has 4 aromatic carbocycles. The van der Waals surface area contributed by atoms with Crippen molar-refractivity contribution in [2.75, 3.05) is 33.2 Å². The molecule has 40 heavy (non-hydrogen) atoms. The molecule has 0 aliphatic heterocycles. The fraction of sp³-hybridized carbons (Fsp3) is 0.154. The number of benzene rings is 4. The molecule has 4 rings (SSSR count). The smallest absolute Gasteiger partial charge is 0.294 e. The summed E-state index contributed by atoms with van der Waals surface area (Å²) in [6.07, 6.45) is 0. The third kappa shape index (κ3) is 6.26. The molecule has 0 fully saturated rings. The number of fused-ring (bicyclic) bond motifs is 1. The van der Waals surface area contributed by atoms with Crippen LogP contribution >= 0.6 is 0 Å². The van der Waals surface area contributed by atoms with Crippen molar-refractivity contribution in [2.24, 2.45) is 20.5 Å². The molecule has 5 N–H and O–H groups in total. The molecule has 0 amide bonds. The third-order valence-electron chi connectivity index (χ3n) is 5.60. The van der Waals surface area contributed by atoms with E-state index in [4.69, 9.17) is 25.1 Å². The van der Waals surface area contributed by atoms with Crippen molar-refractivity contribution in [2.45, 2.75) is 4.90 Å². The van der Waals surface area contributed by atoms with Crippen molar-refractivity contribution in [3.05, 3.63) is 60.7 Å². The number of hydrogen-bond acceptors (Lipinski definition) is 12. The number of methoxy groups -OCH3 is 2. The number of rotatable bonds is 10. The lowest BCUT2D eigenvalue weighted by molar-refractivity contribution is 0.201. The van der Waals surface area contributed by atoms with Crippen molar-refractivity contribution >= 4 is 49.3 Å². The van der Waals surface area contributed by atoms with E-state index in [0.29, 0.717) is 28.6 Å². The molecular formula is C26H25N5O8S. The fourth-order valence-corrected chi connectivity index (χ4v) is 4.22. The Hall–Kier alpha value is -4.79.